The third kappa shape index (κ3) is 6.60. The topological polar surface area (TPSA) is 64.2 Å². The average Bonchev–Trinajstić information content (AvgIpc) is 3.82. The van der Waals surface area contributed by atoms with E-state index >= 15 is 0 Å². The lowest BCUT2D eigenvalue weighted by molar-refractivity contribution is 0.669. The summed E-state index contributed by atoms with van der Waals surface area (Å²) < 4.78 is 7.76. The molecule has 10 aromatic rings. The molecule has 0 amide bonds. The number of hydrogen-bond acceptors (Lipinski definition) is 6. The number of nitrogens with zero attached hydrogens (tertiary/aromatic N) is 4. The molecule has 0 bridgehead atoms. The van der Waals surface area contributed by atoms with E-state index in [0.717, 1.165) is 66.6 Å². The summed E-state index contributed by atoms with van der Waals surface area (Å²) in [5, 5.41) is 3.34. The van der Waals surface area contributed by atoms with Crippen LogP contribution < -0.4 is 0 Å². The minimum Gasteiger partial charge on any atom is -0.456 e. The van der Waals surface area contributed by atoms with Gasteiger partial charge in [0.05, 0.1) is 16.6 Å². The lowest BCUT2D eigenvalue weighted by Crippen LogP contribution is -2.05. The maximum atomic E-state index is 6.48. The minimum absolute atomic E-state index is 0.0710. The molecule has 3 heterocycles. The molecule has 0 N–H and O–H groups in total. The van der Waals surface area contributed by atoms with Crippen LogP contribution in [0.15, 0.2) is 185 Å². The number of fused-ring (bicyclic) bond motifs is 4. The Bertz CT molecular complexity index is 3040. The normalized spacial score (nSPS) is 12.4. The molecule has 0 spiro atoms. The fraction of sp³-hybridized carbons (Fsp3) is 0.0588. The molecule has 0 saturated carbocycles. The highest BCUT2D eigenvalue weighted by molar-refractivity contribution is 7.21. The van der Waals surface area contributed by atoms with Crippen molar-refractivity contribution in [1.82, 2.24) is 15.0 Å². The van der Waals surface area contributed by atoms with E-state index in [1.807, 2.05) is 84.1 Å². The van der Waals surface area contributed by atoms with Gasteiger partial charge in [-0.3, -0.25) is 4.99 Å². The van der Waals surface area contributed by atoms with Gasteiger partial charge in [-0.2, -0.15) is 0 Å². The van der Waals surface area contributed by atoms with Crippen molar-refractivity contribution in [2.45, 2.75) is 19.9 Å². The van der Waals surface area contributed by atoms with Gasteiger partial charge in [-0.15, -0.1) is 11.3 Å². The van der Waals surface area contributed by atoms with Crippen molar-refractivity contribution in [3.63, 3.8) is 0 Å². The zero-order valence-electron chi connectivity index (χ0n) is 31.4. The van der Waals surface area contributed by atoms with E-state index in [4.69, 9.17) is 24.4 Å². The van der Waals surface area contributed by atoms with Crippen LogP contribution in [0.3, 0.4) is 0 Å². The molecule has 0 fully saturated rings. The highest BCUT2D eigenvalue weighted by Gasteiger charge is 2.19. The molecular formula is C51H36N4OS. The highest BCUT2D eigenvalue weighted by Crippen LogP contribution is 2.37. The standard InChI is InChI=1S/C51H36N4OS/c1-32-41-23-12-13-24-46(41)57-48(32)47(34-15-6-3-7-16-34)52-33(2)37-21-14-22-38(29-37)39-25-27-42-43-30-40(26-28-44(43)56-45(42)31-39)51-54-49(35-17-8-4-9-18-35)53-50(55-51)36-19-10-5-11-20-36/h3-31,33H,1-2H3. The third-order valence-corrected chi connectivity index (χ3v) is 11.8. The van der Waals surface area contributed by atoms with Gasteiger partial charge in [0, 0.05) is 37.7 Å². The minimum atomic E-state index is -0.0710. The number of rotatable bonds is 8. The lowest BCUT2D eigenvalue weighted by atomic mass is 9.98. The Morgan fingerprint density at radius 2 is 1.11 bits per heavy atom. The molecular weight excluding hydrogens is 717 g/mol. The van der Waals surface area contributed by atoms with Gasteiger partial charge < -0.3 is 4.42 Å². The molecule has 0 aliphatic heterocycles. The van der Waals surface area contributed by atoms with E-state index in [9.17, 15) is 0 Å². The molecule has 10 rings (SSSR count). The molecule has 0 saturated heterocycles. The van der Waals surface area contributed by atoms with Crippen LogP contribution in [0.1, 0.15) is 34.5 Å². The number of aliphatic imine (C=N–C) groups is 1. The van der Waals surface area contributed by atoms with Crippen LogP contribution in [0, 0.1) is 6.92 Å². The van der Waals surface area contributed by atoms with Crippen molar-refractivity contribution >= 4 is 49.1 Å². The first kappa shape index (κ1) is 34.5. The number of hydrogen-bond donors (Lipinski definition) is 0. The van der Waals surface area contributed by atoms with Gasteiger partial charge in [-0.1, -0.05) is 133 Å². The van der Waals surface area contributed by atoms with E-state index in [1.165, 1.54) is 20.5 Å². The van der Waals surface area contributed by atoms with Crippen molar-refractivity contribution in [1.29, 1.82) is 0 Å². The molecule has 0 radical (unpaired) electrons. The Kier molecular flexibility index (Phi) is 8.81. The van der Waals surface area contributed by atoms with E-state index in [0.29, 0.717) is 17.5 Å². The summed E-state index contributed by atoms with van der Waals surface area (Å²) in [7, 11) is 0. The molecule has 57 heavy (non-hydrogen) atoms. The van der Waals surface area contributed by atoms with E-state index in [-0.39, 0.29) is 6.04 Å². The fourth-order valence-corrected chi connectivity index (χ4v) is 8.77. The summed E-state index contributed by atoms with van der Waals surface area (Å²) >= 11 is 1.81. The average molecular weight is 753 g/mol. The number of thiophene rings is 1. The maximum Gasteiger partial charge on any atom is 0.164 e. The van der Waals surface area contributed by atoms with Gasteiger partial charge in [0.1, 0.15) is 11.2 Å². The number of benzene rings is 7. The van der Waals surface area contributed by atoms with Crippen LogP contribution in [0.4, 0.5) is 0 Å². The first-order chi connectivity index (χ1) is 28.1. The molecule has 0 aliphatic rings. The highest BCUT2D eigenvalue weighted by atomic mass is 32.1. The Morgan fingerprint density at radius 1 is 0.509 bits per heavy atom. The van der Waals surface area contributed by atoms with Crippen molar-refractivity contribution in [3.05, 3.63) is 197 Å². The van der Waals surface area contributed by atoms with Crippen LogP contribution in [-0.2, 0) is 0 Å². The monoisotopic (exact) mass is 752 g/mol. The summed E-state index contributed by atoms with van der Waals surface area (Å²) in [4.78, 5) is 21.4. The zero-order valence-corrected chi connectivity index (χ0v) is 32.2. The second-order valence-electron chi connectivity index (χ2n) is 14.3. The Balaban J connectivity index is 1.00. The van der Waals surface area contributed by atoms with Gasteiger partial charge in [0.2, 0.25) is 0 Å². The largest absolute Gasteiger partial charge is 0.456 e. The fourth-order valence-electron chi connectivity index (χ4n) is 7.54. The van der Waals surface area contributed by atoms with Gasteiger partial charge in [-0.25, -0.2) is 15.0 Å². The molecule has 6 heteroatoms. The Labute approximate surface area is 334 Å². The predicted molar refractivity (Wildman–Crippen MR) is 236 cm³/mol. The van der Waals surface area contributed by atoms with Gasteiger partial charge in [-0.05, 0) is 84.0 Å². The number of aryl methyl sites for hydroxylation is 1. The summed E-state index contributed by atoms with van der Waals surface area (Å²) in [6.07, 6.45) is 0. The van der Waals surface area contributed by atoms with E-state index in [1.54, 1.807) is 0 Å². The third-order valence-electron chi connectivity index (χ3n) is 10.6. The van der Waals surface area contributed by atoms with Crippen LogP contribution in [-0.4, -0.2) is 20.7 Å². The number of aromatic nitrogens is 3. The second-order valence-corrected chi connectivity index (χ2v) is 15.3. The molecule has 0 aliphatic carbocycles. The van der Waals surface area contributed by atoms with Crippen molar-refractivity contribution in [2.75, 3.05) is 0 Å². The van der Waals surface area contributed by atoms with Gasteiger partial charge in [0.25, 0.3) is 0 Å². The van der Waals surface area contributed by atoms with Gasteiger partial charge in [0.15, 0.2) is 17.5 Å². The number of furan rings is 1. The summed E-state index contributed by atoms with van der Waals surface area (Å²) in [5.41, 5.74) is 11.2. The maximum absolute atomic E-state index is 6.48. The smallest absolute Gasteiger partial charge is 0.164 e. The van der Waals surface area contributed by atoms with E-state index < -0.39 is 0 Å². The SMILES string of the molecule is Cc1c(C(=NC(C)c2cccc(-c3ccc4c(c3)oc3ccc(-c5nc(-c6ccccc6)nc(-c6ccccc6)n5)cc34)c2)c2ccccc2)sc2ccccc12. The van der Waals surface area contributed by atoms with Crippen molar-refractivity contribution < 1.29 is 4.42 Å². The van der Waals surface area contributed by atoms with Crippen molar-refractivity contribution in [2.24, 2.45) is 4.99 Å². The zero-order chi connectivity index (χ0) is 38.3. The summed E-state index contributed by atoms with van der Waals surface area (Å²) in [5.74, 6) is 1.88. The Hall–Kier alpha value is -7.02. The molecule has 1 atom stereocenters. The lowest BCUT2D eigenvalue weighted by Gasteiger charge is -2.14. The molecule has 7 aromatic carbocycles. The molecule has 1 unspecified atom stereocenters. The van der Waals surface area contributed by atoms with Crippen LogP contribution in [0.5, 0.6) is 0 Å². The molecule has 272 valence electrons. The van der Waals surface area contributed by atoms with Crippen molar-refractivity contribution in [3.8, 4) is 45.3 Å². The first-order valence-corrected chi connectivity index (χ1v) is 19.9. The predicted octanol–water partition coefficient (Wildman–Crippen LogP) is 13.6. The van der Waals surface area contributed by atoms with E-state index in [2.05, 4.69) is 117 Å². The van der Waals surface area contributed by atoms with Crippen LogP contribution in [0.2, 0.25) is 0 Å². The molecule has 3 aromatic heterocycles. The second kappa shape index (κ2) is 14.6. The first-order valence-electron chi connectivity index (χ1n) is 19.1. The molecule has 5 nitrogen and oxygen atoms in total. The Morgan fingerprint density at radius 3 is 1.81 bits per heavy atom. The summed E-state index contributed by atoms with van der Waals surface area (Å²) in [6, 6.07) is 60.5. The van der Waals surface area contributed by atoms with Gasteiger partial charge >= 0.3 is 0 Å². The van der Waals surface area contributed by atoms with Crippen LogP contribution in [0.25, 0.3) is 77.3 Å². The quantitative estimate of drug-likeness (QED) is 0.145. The summed E-state index contributed by atoms with van der Waals surface area (Å²) in [6.45, 7) is 4.40. The van der Waals surface area contributed by atoms with Crippen LogP contribution >= 0.6 is 11.3 Å².